The van der Waals surface area contributed by atoms with E-state index in [-0.39, 0.29) is 5.69 Å². The van der Waals surface area contributed by atoms with Crippen LogP contribution in [0.5, 0.6) is 0 Å². The van der Waals surface area contributed by atoms with Gasteiger partial charge in [0, 0.05) is 11.1 Å². The maximum atomic E-state index is 12.4. The Morgan fingerprint density at radius 2 is 1.86 bits per heavy atom. The molecule has 0 saturated heterocycles. The number of carbonyl (C=O) groups is 2. The van der Waals surface area contributed by atoms with Crippen LogP contribution in [-0.4, -0.2) is 29.3 Å². The van der Waals surface area contributed by atoms with Crippen molar-refractivity contribution < 1.29 is 19.1 Å². The number of carbonyl (C=O) groups excluding carboxylic acids is 2. The number of benzene rings is 1. The fraction of sp³-hybridized carbons (Fsp3) is 0.333. The average Bonchev–Trinajstić information content (AvgIpc) is 2.74. The zero-order valence-electron chi connectivity index (χ0n) is 12.5. The first kappa shape index (κ1) is 14.9. The fourth-order valence-corrected chi connectivity index (χ4v) is 1.98. The van der Waals surface area contributed by atoms with Gasteiger partial charge in [-0.15, -0.1) is 0 Å². The highest BCUT2D eigenvalue weighted by molar-refractivity contribution is 6.02. The van der Waals surface area contributed by atoms with Gasteiger partial charge in [0.1, 0.15) is 11.3 Å². The Balaban J connectivity index is 2.65. The Hall–Kier alpha value is -2.50. The number of anilines is 1. The summed E-state index contributed by atoms with van der Waals surface area (Å²) in [5.74, 6) is -0.615. The molecule has 2 rings (SSSR count). The summed E-state index contributed by atoms with van der Waals surface area (Å²) in [7, 11) is 1.26. The molecule has 0 atom stereocenters. The largest absolute Gasteiger partial charge is 0.464 e. The van der Waals surface area contributed by atoms with E-state index in [9.17, 15) is 9.59 Å². The lowest BCUT2D eigenvalue weighted by Crippen LogP contribution is -2.29. The standard InChI is InChI=1S/C15H18N2O4/c1-15(2,3)21-14(19)17-11-8-10(16)6-5-9(11)7-12(17)13(18)20-4/h5-8H,16H2,1-4H3. The highest BCUT2D eigenvalue weighted by Crippen LogP contribution is 2.24. The van der Waals surface area contributed by atoms with Crippen LogP contribution in [0.3, 0.4) is 0 Å². The second-order valence-electron chi connectivity index (χ2n) is 5.66. The monoisotopic (exact) mass is 290 g/mol. The number of fused-ring (bicyclic) bond motifs is 1. The number of nitrogens with zero attached hydrogens (tertiary/aromatic N) is 1. The second kappa shape index (κ2) is 5.12. The molecular weight excluding hydrogens is 272 g/mol. The molecule has 0 bridgehead atoms. The molecule has 21 heavy (non-hydrogen) atoms. The van der Waals surface area contributed by atoms with Gasteiger partial charge in [-0.25, -0.2) is 14.2 Å². The number of methoxy groups -OCH3 is 1. The molecule has 2 aromatic rings. The fourth-order valence-electron chi connectivity index (χ4n) is 1.98. The minimum absolute atomic E-state index is 0.104. The predicted octanol–water partition coefficient (Wildman–Crippen LogP) is 2.79. The maximum absolute atomic E-state index is 12.4. The number of aromatic nitrogens is 1. The molecule has 0 aliphatic carbocycles. The predicted molar refractivity (Wildman–Crippen MR) is 79.3 cm³/mol. The molecule has 6 heteroatoms. The van der Waals surface area contributed by atoms with Crippen LogP contribution in [0.25, 0.3) is 10.9 Å². The van der Waals surface area contributed by atoms with Gasteiger partial charge in [0.15, 0.2) is 0 Å². The minimum atomic E-state index is -0.679. The van der Waals surface area contributed by atoms with Crippen LogP contribution in [0.4, 0.5) is 10.5 Å². The van der Waals surface area contributed by atoms with Gasteiger partial charge in [-0.3, -0.25) is 0 Å². The first-order valence-electron chi connectivity index (χ1n) is 6.45. The molecule has 112 valence electrons. The van der Waals surface area contributed by atoms with Gasteiger partial charge in [-0.1, -0.05) is 6.07 Å². The summed E-state index contributed by atoms with van der Waals surface area (Å²) >= 11 is 0. The van der Waals surface area contributed by atoms with E-state index in [0.717, 1.165) is 0 Å². The van der Waals surface area contributed by atoms with E-state index >= 15 is 0 Å². The summed E-state index contributed by atoms with van der Waals surface area (Å²) in [5, 5.41) is 0.704. The number of ether oxygens (including phenoxy) is 2. The molecule has 0 amide bonds. The van der Waals surface area contributed by atoms with Crippen LogP contribution in [0, 0.1) is 0 Å². The van der Waals surface area contributed by atoms with Crippen LogP contribution in [0.15, 0.2) is 24.3 Å². The number of hydrogen-bond acceptors (Lipinski definition) is 5. The van der Waals surface area contributed by atoms with Crippen molar-refractivity contribution in [3.05, 3.63) is 30.0 Å². The Bertz CT molecular complexity index is 710. The molecule has 0 unspecified atom stereocenters. The van der Waals surface area contributed by atoms with Crippen molar-refractivity contribution in [1.29, 1.82) is 0 Å². The molecule has 0 aliphatic heterocycles. The van der Waals surface area contributed by atoms with Crippen molar-refractivity contribution >= 4 is 28.7 Å². The van der Waals surface area contributed by atoms with E-state index in [0.29, 0.717) is 16.6 Å². The first-order valence-corrected chi connectivity index (χ1v) is 6.45. The van der Waals surface area contributed by atoms with Crippen molar-refractivity contribution in [2.75, 3.05) is 12.8 Å². The van der Waals surface area contributed by atoms with E-state index < -0.39 is 17.7 Å². The van der Waals surface area contributed by atoms with E-state index in [4.69, 9.17) is 15.2 Å². The molecule has 0 aliphatic rings. The Morgan fingerprint density at radius 3 is 2.43 bits per heavy atom. The molecule has 0 saturated carbocycles. The van der Waals surface area contributed by atoms with Gasteiger partial charge < -0.3 is 15.2 Å². The second-order valence-corrected chi connectivity index (χ2v) is 5.66. The number of hydrogen-bond donors (Lipinski definition) is 1. The van der Waals surface area contributed by atoms with Crippen molar-refractivity contribution in [1.82, 2.24) is 4.57 Å². The van der Waals surface area contributed by atoms with Crippen molar-refractivity contribution in [3.8, 4) is 0 Å². The summed E-state index contributed by atoms with van der Waals surface area (Å²) in [5.41, 5.74) is 6.17. The molecule has 2 N–H and O–H groups in total. The molecule has 1 aromatic carbocycles. The lowest BCUT2D eigenvalue weighted by atomic mass is 10.2. The summed E-state index contributed by atoms with van der Waals surface area (Å²) in [4.78, 5) is 24.3. The topological polar surface area (TPSA) is 83.5 Å². The van der Waals surface area contributed by atoms with Gasteiger partial charge in [0.2, 0.25) is 0 Å². The number of rotatable bonds is 1. The van der Waals surface area contributed by atoms with E-state index in [1.165, 1.54) is 11.7 Å². The number of esters is 1. The van der Waals surface area contributed by atoms with Crippen molar-refractivity contribution in [2.24, 2.45) is 0 Å². The van der Waals surface area contributed by atoms with Gasteiger partial charge in [0.25, 0.3) is 0 Å². The molecule has 0 radical (unpaired) electrons. The van der Waals surface area contributed by atoms with Crippen molar-refractivity contribution in [2.45, 2.75) is 26.4 Å². The third-order valence-corrected chi connectivity index (χ3v) is 2.80. The molecule has 6 nitrogen and oxygen atoms in total. The molecule has 0 fully saturated rings. The summed E-state index contributed by atoms with van der Waals surface area (Å²) in [6.07, 6.45) is -0.650. The minimum Gasteiger partial charge on any atom is -0.464 e. The van der Waals surface area contributed by atoms with E-state index in [2.05, 4.69) is 0 Å². The van der Waals surface area contributed by atoms with E-state index in [1.807, 2.05) is 0 Å². The summed E-state index contributed by atoms with van der Waals surface area (Å²) in [6.45, 7) is 5.26. The smallest absolute Gasteiger partial charge is 0.419 e. The average molecular weight is 290 g/mol. The number of nitrogen functional groups attached to an aromatic ring is 1. The van der Waals surface area contributed by atoms with Crippen LogP contribution >= 0.6 is 0 Å². The van der Waals surface area contributed by atoms with Crippen molar-refractivity contribution in [3.63, 3.8) is 0 Å². The lowest BCUT2D eigenvalue weighted by Gasteiger charge is -2.20. The normalized spacial score (nSPS) is 11.4. The van der Waals surface area contributed by atoms with Crippen LogP contribution in [0.2, 0.25) is 0 Å². The SMILES string of the molecule is COC(=O)c1cc2ccc(N)cc2n1C(=O)OC(C)(C)C. The van der Waals surface area contributed by atoms with Gasteiger partial charge in [-0.05, 0) is 39.0 Å². The zero-order chi connectivity index (χ0) is 15.8. The Kier molecular flexibility index (Phi) is 3.63. The molecule has 1 heterocycles. The van der Waals surface area contributed by atoms with Crippen LogP contribution in [0.1, 0.15) is 31.3 Å². The summed E-state index contributed by atoms with van der Waals surface area (Å²) in [6, 6.07) is 6.62. The van der Waals surface area contributed by atoms with Gasteiger partial charge in [0.05, 0.1) is 12.6 Å². The van der Waals surface area contributed by atoms with Crippen LogP contribution < -0.4 is 5.73 Å². The Morgan fingerprint density at radius 1 is 1.19 bits per heavy atom. The third-order valence-electron chi connectivity index (χ3n) is 2.80. The highest BCUT2D eigenvalue weighted by Gasteiger charge is 2.25. The van der Waals surface area contributed by atoms with Gasteiger partial charge in [-0.2, -0.15) is 0 Å². The quantitative estimate of drug-likeness (QED) is 0.645. The summed E-state index contributed by atoms with van der Waals surface area (Å²) < 4.78 is 11.2. The number of nitrogens with two attached hydrogens (primary N) is 1. The lowest BCUT2D eigenvalue weighted by molar-refractivity contribution is 0.0490. The van der Waals surface area contributed by atoms with Crippen LogP contribution in [-0.2, 0) is 9.47 Å². The molecule has 1 aromatic heterocycles. The third kappa shape index (κ3) is 2.99. The Labute approximate surface area is 122 Å². The molecular formula is C15H18N2O4. The first-order chi connectivity index (χ1) is 9.73. The highest BCUT2D eigenvalue weighted by atomic mass is 16.6. The molecule has 0 spiro atoms. The van der Waals surface area contributed by atoms with E-state index in [1.54, 1.807) is 45.0 Å². The maximum Gasteiger partial charge on any atom is 0.419 e. The van der Waals surface area contributed by atoms with Gasteiger partial charge >= 0.3 is 12.1 Å². The zero-order valence-corrected chi connectivity index (χ0v) is 12.5.